The molecule has 0 aliphatic carbocycles. The molecule has 0 fully saturated rings. The summed E-state index contributed by atoms with van der Waals surface area (Å²) in [4.78, 5) is 6.52. The van der Waals surface area contributed by atoms with Crippen LogP contribution in [-0.2, 0) is 13.1 Å². The highest BCUT2D eigenvalue weighted by atomic mass is 15.2. The summed E-state index contributed by atoms with van der Waals surface area (Å²) in [6, 6.07) is 0. The molecule has 1 heterocycles. The van der Waals surface area contributed by atoms with E-state index in [4.69, 9.17) is 0 Å². The number of hydrogen-bond donors (Lipinski definition) is 1. The largest absolute Gasteiger partial charge is 0.332 e. The maximum absolute atomic E-state index is 4.27. The fourth-order valence-electron chi connectivity index (χ4n) is 1.68. The Morgan fingerprint density at radius 1 is 1.39 bits per heavy atom. The molecule has 1 N–H and O–H groups in total. The molecule has 0 aliphatic heterocycles. The molecular formula is C14H28N4. The lowest BCUT2D eigenvalue weighted by Crippen LogP contribution is -2.42. The zero-order valence-corrected chi connectivity index (χ0v) is 12.7. The van der Waals surface area contributed by atoms with Gasteiger partial charge in [-0.15, -0.1) is 0 Å². The van der Waals surface area contributed by atoms with E-state index in [9.17, 15) is 0 Å². The molecular weight excluding hydrogens is 224 g/mol. The first-order valence-electron chi connectivity index (χ1n) is 6.70. The van der Waals surface area contributed by atoms with Crippen LogP contribution < -0.4 is 5.32 Å². The van der Waals surface area contributed by atoms with Crippen LogP contribution in [0.15, 0.2) is 12.5 Å². The molecule has 0 saturated heterocycles. The van der Waals surface area contributed by atoms with Crippen LogP contribution >= 0.6 is 0 Å². The predicted octanol–water partition coefficient (Wildman–Crippen LogP) is 1.97. The van der Waals surface area contributed by atoms with Gasteiger partial charge in [0.1, 0.15) is 0 Å². The van der Waals surface area contributed by atoms with Crippen molar-refractivity contribution < 1.29 is 0 Å². The second-order valence-electron chi connectivity index (χ2n) is 6.24. The van der Waals surface area contributed by atoms with E-state index in [0.29, 0.717) is 5.92 Å². The maximum atomic E-state index is 4.27. The van der Waals surface area contributed by atoms with Gasteiger partial charge in [0, 0.05) is 24.8 Å². The standard InChI is InChI=1S/C14H28N4/c1-12(2)7-15-8-13-9-16-11-18(13)10-14(3,4)17(5)6/h9,11-12,15H,7-8,10H2,1-6H3. The van der Waals surface area contributed by atoms with Crippen LogP contribution in [0.5, 0.6) is 0 Å². The molecule has 0 atom stereocenters. The average molecular weight is 252 g/mol. The van der Waals surface area contributed by atoms with Crippen molar-refractivity contribution in [2.24, 2.45) is 5.92 Å². The first kappa shape index (κ1) is 15.2. The average Bonchev–Trinajstić information content (AvgIpc) is 2.64. The van der Waals surface area contributed by atoms with E-state index in [-0.39, 0.29) is 5.54 Å². The molecule has 0 radical (unpaired) electrons. The zero-order valence-electron chi connectivity index (χ0n) is 12.7. The van der Waals surface area contributed by atoms with Gasteiger partial charge < -0.3 is 14.8 Å². The lowest BCUT2D eigenvalue weighted by atomic mass is 10.0. The molecule has 1 aromatic heterocycles. The minimum atomic E-state index is 0.132. The highest BCUT2D eigenvalue weighted by Crippen LogP contribution is 2.14. The molecule has 0 aromatic carbocycles. The molecule has 0 saturated carbocycles. The zero-order chi connectivity index (χ0) is 13.8. The Hall–Kier alpha value is -0.870. The molecule has 1 rings (SSSR count). The van der Waals surface area contributed by atoms with Crippen LogP contribution in [0.25, 0.3) is 0 Å². The van der Waals surface area contributed by atoms with Crippen LogP contribution in [0.1, 0.15) is 33.4 Å². The predicted molar refractivity (Wildman–Crippen MR) is 76.5 cm³/mol. The normalized spacial score (nSPS) is 12.7. The van der Waals surface area contributed by atoms with Gasteiger partial charge in [0.05, 0.1) is 12.0 Å². The van der Waals surface area contributed by atoms with E-state index in [2.05, 4.69) is 61.6 Å². The molecule has 0 spiro atoms. The topological polar surface area (TPSA) is 33.1 Å². The van der Waals surface area contributed by atoms with Crippen molar-refractivity contribution in [2.75, 3.05) is 20.6 Å². The van der Waals surface area contributed by atoms with Crippen molar-refractivity contribution in [2.45, 2.75) is 46.3 Å². The molecule has 0 bridgehead atoms. The van der Waals surface area contributed by atoms with E-state index < -0.39 is 0 Å². The van der Waals surface area contributed by atoms with E-state index in [1.807, 2.05) is 12.5 Å². The Morgan fingerprint density at radius 2 is 2.06 bits per heavy atom. The summed E-state index contributed by atoms with van der Waals surface area (Å²) in [5, 5.41) is 3.47. The number of likely N-dealkylation sites (N-methyl/N-ethyl adjacent to an activating group) is 1. The van der Waals surface area contributed by atoms with Crippen LogP contribution in [0.2, 0.25) is 0 Å². The van der Waals surface area contributed by atoms with Crippen LogP contribution in [-0.4, -0.2) is 40.6 Å². The van der Waals surface area contributed by atoms with E-state index in [0.717, 1.165) is 19.6 Å². The fraction of sp³-hybridized carbons (Fsp3) is 0.786. The van der Waals surface area contributed by atoms with Crippen LogP contribution in [0.4, 0.5) is 0 Å². The second kappa shape index (κ2) is 6.34. The summed E-state index contributed by atoms with van der Waals surface area (Å²) < 4.78 is 2.24. The van der Waals surface area contributed by atoms with Crippen molar-refractivity contribution in [3.8, 4) is 0 Å². The van der Waals surface area contributed by atoms with Crippen molar-refractivity contribution in [1.82, 2.24) is 19.8 Å². The summed E-state index contributed by atoms with van der Waals surface area (Å²) in [5.41, 5.74) is 1.39. The van der Waals surface area contributed by atoms with Crippen molar-refractivity contribution in [3.05, 3.63) is 18.2 Å². The van der Waals surface area contributed by atoms with Crippen molar-refractivity contribution in [3.63, 3.8) is 0 Å². The first-order valence-corrected chi connectivity index (χ1v) is 6.70. The third kappa shape index (κ3) is 4.42. The Kier molecular flexibility index (Phi) is 5.35. The highest BCUT2D eigenvalue weighted by Gasteiger charge is 2.21. The Balaban J connectivity index is 2.60. The number of rotatable bonds is 7. The SMILES string of the molecule is CC(C)CNCc1cncn1CC(C)(C)N(C)C. The minimum Gasteiger partial charge on any atom is -0.332 e. The number of hydrogen-bond acceptors (Lipinski definition) is 3. The molecule has 4 nitrogen and oxygen atoms in total. The first-order chi connectivity index (χ1) is 8.33. The highest BCUT2D eigenvalue weighted by molar-refractivity contribution is 4.99. The van der Waals surface area contributed by atoms with Gasteiger partial charge in [-0.2, -0.15) is 0 Å². The monoisotopic (exact) mass is 252 g/mol. The maximum Gasteiger partial charge on any atom is 0.0949 e. The number of nitrogens with one attached hydrogen (secondary N) is 1. The molecule has 4 heteroatoms. The van der Waals surface area contributed by atoms with Gasteiger partial charge in [-0.05, 0) is 40.4 Å². The summed E-state index contributed by atoms with van der Waals surface area (Å²) in [6.07, 6.45) is 3.89. The fourth-order valence-corrected chi connectivity index (χ4v) is 1.68. The van der Waals surface area contributed by atoms with Gasteiger partial charge in [-0.3, -0.25) is 0 Å². The Bertz CT molecular complexity index is 352. The van der Waals surface area contributed by atoms with Crippen molar-refractivity contribution in [1.29, 1.82) is 0 Å². The third-order valence-corrected chi connectivity index (χ3v) is 3.43. The molecule has 0 unspecified atom stereocenters. The molecule has 1 aromatic rings. The summed E-state index contributed by atoms with van der Waals surface area (Å²) in [6.45, 7) is 11.8. The molecule has 104 valence electrons. The van der Waals surface area contributed by atoms with Gasteiger partial charge in [0.2, 0.25) is 0 Å². The molecule has 0 aliphatic rings. The van der Waals surface area contributed by atoms with E-state index in [1.165, 1.54) is 5.69 Å². The number of imidazole rings is 1. The van der Waals surface area contributed by atoms with Gasteiger partial charge >= 0.3 is 0 Å². The van der Waals surface area contributed by atoms with Gasteiger partial charge in [0.15, 0.2) is 0 Å². The number of aromatic nitrogens is 2. The van der Waals surface area contributed by atoms with Crippen molar-refractivity contribution >= 4 is 0 Å². The summed E-state index contributed by atoms with van der Waals surface area (Å²) in [7, 11) is 4.24. The van der Waals surface area contributed by atoms with Gasteiger partial charge in [0.25, 0.3) is 0 Å². The van der Waals surface area contributed by atoms with Gasteiger partial charge in [-0.25, -0.2) is 4.98 Å². The lowest BCUT2D eigenvalue weighted by molar-refractivity contribution is 0.168. The Morgan fingerprint density at radius 3 is 2.61 bits per heavy atom. The smallest absolute Gasteiger partial charge is 0.0949 e. The van der Waals surface area contributed by atoms with E-state index in [1.54, 1.807) is 0 Å². The van der Waals surface area contributed by atoms with Crippen LogP contribution in [0, 0.1) is 5.92 Å². The molecule has 18 heavy (non-hydrogen) atoms. The van der Waals surface area contributed by atoms with Gasteiger partial charge in [-0.1, -0.05) is 13.8 Å². The molecule has 0 amide bonds. The van der Waals surface area contributed by atoms with E-state index >= 15 is 0 Å². The minimum absolute atomic E-state index is 0.132. The summed E-state index contributed by atoms with van der Waals surface area (Å²) >= 11 is 0. The number of nitrogens with zero attached hydrogens (tertiary/aromatic N) is 3. The summed E-state index contributed by atoms with van der Waals surface area (Å²) in [5.74, 6) is 0.680. The Labute approximate surface area is 111 Å². The lowest BCUT2D eigenvalue weighted by Gasteiger charge is -2.33. The quantitative estimate of drug-likeness (QED) is 0.805. The third-order valence-electron chi connectivity index (χ3n) is 3.43. The van der Waals surface area contributed by atoms with Crippen LogP contribution in [0.3, 0.4) is 0 Å². The second-order valence-corrected chi connectivity index (χ2v) is 6.24.